The first-order valence-corrected chi connectivity index (χ1v) is 15.1. The van der Waals surface area contributed by atoms with Crippen molar-refractivity contribution >= 4 is 29.5 Å². The third-order valence-corrected chi connectivity index (χ3v) is 11.0. The van der Waals surface area contributed by atoms with Crippen LogP contribution in [0.3, 0.4) is 0 Å². The molecule has 1 aromatic rings. The van der Waals surface area contributed by atoms with E-state index in [-0.39, 0.29) is 30.2 Å². The maximum atomic E-state index is 14.6. The predicted octanol–water partition coefficient (Wildman–Crippen LogP) is 3.49. The molecule has 1 unspecified atom stereocenters. The Balaban J connectivity index is 1.64. The van der Waals surface area contributed by atoms with Gasteiger partial charge in [0.2, 0.25) is 17.7 Å². The van der Waals surface area contributed by atoms with Crippen LogP contribution in [0.2, 0.25) is 0 Å². The summed E-state index contributed by atoms with van der Waals surface area (Å²) >= 11 is 1.60. The number of likely N-dealkylation sites (tertiary alicyclic amines) is 1. The van der Waals surface area contributed by atoms with E-state index >= 15 is 0 Å². The second-order valence-corrected chi connectivity index (χ2v) is 13.5. The molecule has 0 bridgehead atoms. The van der Waals surface area contributed by atoms with Crippen molar-refractivity contribution in [2.75, 3.05) is 26.2 Å². The molecule has 1 N–H and O–H groups in total. The summed E-state index contributed by atoms with van der Waals surface area (Å²) in [6.07, 6.45) is 9.82. The van der Waals surface area contributed by atoms with Crippen LogP contribution in [0.25, 0.3) is 0 Å². The number of amides is 3. The van der Waals surface area contributed by atoms with Crippen LogP contribution in [0.15, 0.2) is 54.6 Å². The van der Waals surface area contributed by atoms with Gasteiger partial charge in [-0.15, -0.1) is 11.8 Å². The van der Waals surface area contributed by atoms with E-state index in [1.54, 1.807) is 16.7 Å². The number of carbonyl (C=O) groups excluding carboxylic acids is 3. The lowest BCUT2D eigenvalue weighted by Crippen LogP contribution is -2.58. The second kappa shape index (κ2) is 10.8. The van der Waals surface area contributed by atoms with Crippen LogP contribution < -0.4 is 0 Å². The summed E-state index contributed by atoms with van der Waals surface area (Å²) in [4.78, 5) is 48.7. The van der Waals surface area contributed by atoms with Crippen molar-refractivity contribution in [3.05, 3.63) is 60.2 Å². The number of hydrogen-bond acceptors (Lipinski definition) is 5. The van der Waals surface area contributed by atoms with Crippen LogP contribution in [-0.2, 0) is 20.9 Å². The molecule has 4 aliphatic heterocycles. The Labute approximate surface area is 236 Å². The quantitative estimate of drug-likeness (QED) is 0.501. The van der Waals surface area contributed by atoms with E-state index in [4.69, 9.17) is 0 Å². The van der Waals surface area contributed by atoms with Gasteiger partial charge in [-0.1, -0.05) is 81.8 Å². The molecule has 4 heterocycles. The van der Waals surface area contributed by atoms with Crippen molar-refractivity contribution in [3.63, 3.8) is 0 Å². The van der Waals surface area contributed by atoms with Crippen LogP contribution >= 0.6 is 11.8 Å². The molecule has 1 aromatic carbocycles. The maximum absolute atomic E-state index is 14.6. The standard InChI is InChI=1S/C31H41N3O4S/c1-5-16-32-17-10-14-30(4)24(27(32)36)25-28(37)34(23(20-35)21(3)6-2)26-29(38)33(18-11-15-31(25,26)39-30)19-22-12-8-7-9-13-22/h7-15,21,23-26,35H,5-6,16-20H2,1-4H3/t21-,23-,24+,25-,26?,30-,31-/m0/s1. The van der Waals surface area contributed by atoms with Crippen molar-refractivity contribution in [1.82, 2.24) is 14.7 Å². The summed E-state index contributed by atoms with van der Waals surface area (Å²) in [5.41, 5.74) is 1.02. The number of nitrogens with zero attached hydrogens (tertiary/aromatic N) is 3. The van der Waals surface area contributed by atoms with Gasteiger partial charge < -0.3 is 19.8 Å². The zero-order valence-electron chi connectivity index (χ0n) is 23.5. The third-order valence-electron chi connectivity index (χ3n) is 9.22. The molecule has 5 rings (SSSR count). The average molecular weight is 552 g/mol. The van der Waals surface area contributed by atoms with E-state index in [9.17, 15) is 19.5 Å². The van der Waals surface area contributed by atoms with Crippen LogP contribution in [0.1, 0.15) is 46.1 Å². The predicted molar refractivity (Wildman–Crippen MR) is 154 cm³/mol. The normalized spacial score (nSPS) is 33.5. The number of hydrogen-bond donors (Lipinski definition) is 1. The fourth-order valence-electron chi connectivity index (χ4n) is 7.15. The summed E-state index contributed by atoms with van der Waals surface area (Å²) in [6.45, 7) is 9.97. The first-order chi connectivity index (χ1) is 18.7. The molecule has 1 spiro atoms. The Morgan fingerprint density at radius 2 is 1.67 bits per heavy atom. The monoisotopic (exact) mass is 551 g/mol. The SMILES string of the molecule is CCCN1CC=C[C@]2(C)S[C@]34C=CCN(Cc5ccccc5)C(=O)C3N([C@@H](CO)[C@@H](C)CC)C(=O)[C@@H]4[C@@H]2C1=O. The summed E-state index contributed by atoms with van der Waals surface area (Å²) in [5.74, 6) is -1.57. The van der Waals surface area contributed by atoms with Crippen LogP contribution in [0.5, 0.6) is 0 Å². The first-order valence-electron chi connectivity index (χ1n) is 14.3. The molecule has 0 radical (unpaired) electrons. The second-order valence-electron chi connectivity index (χ2n) is 11.7. The molecule has 4 aliphatic rings. The Morgan fingerprint density at radius 3 is 2.33 bits per heavy atom. The van der Waals surface area contributed by atoms with Gasteiger partial charge in [0, 0.05) is 30.9 Å². The summed E-state index contributed by atoms with van der Waals surface area (Å²) < 4.78 is -1.51. The highest BCUT2D eigenvalue weighted by molar-refractivity contribution is 8.02. The topological polar surface area (TPSA) is 81.2 Å². The first kappa shape index (κ1) is 28.0. The lowest BCUT2D eigenvalue weighted by atomic mass is 9.74. The van der Waals surface area contributed by atoms with Gasteiger partial charge in [-0.25, -0.2) is 0 Å². The van der Waals surface area contributed by atoms with E-state index in [0.717, 1.165) is 18.4 Å². The van der Waals surface area contributed by atoms with E-state index in [1.165, 1.54) is 0 Å². The highest BCUT2D eigenvalue weighted by Gasteiger charge is 2.74. The van der Waals surface area contributed by atoms with Gasteiger partial charge in [0.15, 0.2) is 0 Å². The summed E-state index contributed by atoms with van der Waals surface area (Å²) in [7, 11) is 0. The molecular weight excluding hydrogens is 510 g/mol. The van der Waals surface area contributed by atoms with Gasteiger partial charge in [0.05, 0.1) is 29.2 Å². The minimum atomic E-state index is -0.894. The maximum Gasteiger partial charge on any atom is 0.247 e. The molecule has 39 heavy (non-hydrogen) atoms. The number of fused-ring (bicyclic) bond motifs is 2. The number of carbonyl (C=O) groups is 3. The van der Waals surface area contributed by atoms with Crippen molar-refractivity contribution in [2.45, 2.75) is 68.7 Å². The molecule has 0 saturated carbocycles. The van der Waals surface area contributed by atoms with Crippen molar-refractivity contribution in [3.8, 4) is 0 Å². The molecule has 3 amide bonds. The Bertz CT molecular complexity index is 1170. The van der Waals surface area contributed by atoms with Gasteiger partial charge in [-0.3, -0.25) is 14.4 Å². The zero-order valence-corrected chi connectivity index (χ0v) is 24.3. The van der Waals surface area contributed by atoms with Gasteiger partial charge >= 0.3 is 0 Å². The summed E-state index contributed by atoms with van der Waals surface area (Å²) in [6, 6.07) is 8.59. The van der Waals surface area contributed by atoms with Gasteiger partial charge in [0.25, 0.3) is 0 Å². The van der Waals surface area contributed by atoms with Gasteiger partial charge in [-0.2, -0.15) is 0 Å². The van der Waals surface area contributed by atoms with E-state index in [0.29, 0.717) is 26.2 Å². The highest BCUT2D eigenvalue weighted by atomic mass is 32.2. The molecule has 0 aliphatic carbocycles. The Kier molecular flexibility index (Phi) is 7.72. The fourth-order valence-corrected chi connectivity index (χ4v) is 9.29. The van der Waals surface area contributed by atoms with Crippen molar-refractivity contribution in [1.29, 1.82) is 0 Å². The van der Waals surface area contributed by atoms with Crippen LogP contribution in [-0.4, -0.2) is 85.3 Å². The molecule has 2 fully saturated rings. The van der Waals surface area contributed by atoms with Crippen LogP contribution in [0.4, 0.5) is 0 Å². The molecule has 210 valence electrons. The number of rotatable bonds is 8. The average Bonchev–Trinajstić information content (AvgIpc) is 3.20. The highest BCUT2D eigenvalue weighted by Crippen LogP contribution is 2.66. The van der Waals surface area contributed by atoms with Crippen molar-refractivity contribution in [2.24, 2.45) is 17.8 Å². The lowest BCUT2D eigenvalue weighted by molar-refractivity contribution is -0.148. The Morgan fingerprint density at radius 1 is 0.974 bits per heavy atom. The number of aliphatic hydroxyl groups is 1. The number of benzene rings is 1. The lowest BCUT2D eigenvalue weighted by Gasteiger charge is -2.41. The van der Waals surface area contributed by atoms with Crippen molar-refractivity contribution < 1.29 is 19.5 Å². The Hall–Kier alpha value is -2.58. The van der Waals surface area contributed by atoms with E-state index in [2.05, 4.69) is 32.1 Å². The molecular formula is C31H41N3O4S. The minimum absolute atomic E-state index is 0.00450. The van der Waals surface area contributed by atoms with Gasteiger partial charge in [-0.05, 0) is 24.8 Å². The number of thioether (sulfide) groups is 1. The fraction of sp³-hybridized carbons (Fsp3) is 0.581. The van der Waals surface area contributed by atoms with Gasteiger partial charge in [0.1, 0.15) is 6.04 Å². The molecule has 8 heteroatoms. The third kappa shape index (κ3) is 4.44. The smallest absolute Gasteiger partial charge is 0.247 e. The molecule has 7 atom stereocenters. The molecule has 2 saturated heterocycles. The van der Waals surface area contributed by atoms with E-state index < -0.39 is 33.4 Å². The molecule has 7 nitrogen and oxygen atoms in total. The largest absolute Gasteiger partial charge is 0.394 e. The van der Waals surface area contributed by atoms with Crippen LogP contribution in [0, 0.1) is 17.8 Å². The molecule has 0 aromatic heterocycles. The minimum Gasteiger partial charge on any atom is -0.394 e. The number of aliphatic hydroxyl groups excluding tert-OH is 1. The zero-order chi connectivity index (χ0) is 27.9. The van der Waals surface area contributed by atoms with E-state index in [1.807, 2.05) is 60.1 Å². The summed E-state index contributed by atoms with van der Waals surface area (Å²) in [5, 5.41) is 10.6.